The van der Waals surface area contributed by atoms with Crippen molar-refractivity contribution in [3.63, 3.8) is 0 Å². The highest BCUT2D eigenvalue weighted by Gasteiger charge is 2.36. The minimum atomic E-state index is -0.815. The third kappa shape index (κ3) is 3.82. The Bertz CT molecular complexity index is 1210. The van der Waals surface area contributed by atoms with Gasteiger partial charge in [0, 0.05) is 12.7 Å². The summed E-state index contributed by atoms with van der Waals surface area (Å²) in [6, 6.07) is 7.17. The zero-order valence-electron chi connectivity index (χ0n) is 18.2. The maximum absolute atomic E-state index is 12.7. The van der Waals surface area contributed by atoms with Crippen LogP contribution in [0.5, 0.6) is 0 Å². The average Bonchev–Trinajstić information content (AvgIpc) is 3.10. The van der Waals surface area contributed by atoms with Crippen molar-refractivity contribution in [1.29, 1.82) is 0 Å². The molecule has 1 aromatic carbocycles. The highest BCUT2D eigenvalue weighted by Crippen LogP contribution is 2.34. The quantitative estimate of drug-likeness (QED) is 0.644. The van der Waals surface area contributed by atoms with Crippen LogP contribution < -0.4 is 11.1 Å². The molecule has 1 aliphatic heterocycles. The first-order valence-electron chi connectivity index (χ1n) is 9.97. The van der Waals surface area contributed by atoms with Gasteiger partial charge in [-0.15, -0.1) is 0 Å². The van der Waals surface area contributed by atoms with E-state index in [1.165, 1.54) is 17.3 Å². The van der Waals surface area contributed by atoms with Crippen LogP contribution in [-0.2, 0) is 10.3 Å². The molecule has 4 rings (SSSR count). The number of hydrogen-bond donors (Lipinski definition) is 2. The Hall–Kier alpha value is -4.08. The van der Waals surface area contributed by atoms with Crippen molar-refractivity contribution in [3.8, 4) is 11.3 Å². The summed E-state index contributed by atoms with van der Waals surface area (Å²) in [4.78, 5) is 39.4. The van der Waals surface area contributed by atoms with Crippen molar-refractivity contribution < 1.29 is 14.1 Å². The number of aromatic nitrogens is 3. The monoisotopic (exact) mass is 433 g/mol. The number of amides is 2. The van der Waals surface area contributed by atoms with E-state index in [4.69, 9.17) is 10.3 Å². The van der Waals surface area contributed by atoms with Crippen LogP contribution in [0.3, 0.4) is 0 Å². The first kappa shape index (κ1) is 21.2. The summed E-state index contributed by atoms with van der Waals surface area (Å²) >= 11 is 0. The van der Waals surface area contributed by atoms with Crippen LogP contribution in [0.15, 0.2) is 46.2 Å². The SMILES string of the molecule is Cc1noc(C)c1-c1cnc(C(=O)Nc2cccc(C3(C)CC(=O)N(C)C(N)=N3)c2)cn1. The number of benzene rings is 1. The first-order chi connectivity index (χ1) is 15.2. The van der Waals surface area contributed by atoms with Crippen LogP contribution in [0, 0.1) is 13.8 Å². The van der Waals surface area contributed by atoms with Gasteiger partial charge in [0.05, 0.1) is 41.3 Å². The van der Waals surface area contributed by atoms with Gasteiger partial charge in [0.15, 0.2) is 5.96 Å². The second-order valence-corrected chi connectivity index (χ2v) is 7.89. The van der Waals surface area contributed by atoms with Crippen LogP contribution >= 0.6 is 0 Å². The molecule has 164 valence electrons. The Morgan fingerprint density at radius 3 is 2.66 bits per heavy atom. The number of rotatable bonds is 4. The Morgan fingerprint density at radius 2 is 2.03 bits per heavy atom. The van der Waals surface area contributed by atoms with E-state index in [-0.39, 0.29) is 24.0 Å². The Morgan fingerprint density at radius 1 is 1.25 bits per heavy atom. The molecule has 2 aromatic heterocycles. The molecule has 3 N–H and O–H groups in total. The summed E-state index contributed by atoms with van der Waals surface area (Å²) in [5, 5.41) is 6.72. The summed E-state index contributed by atoms with van der Waals surface area (Å²) in [5.74, 6) is 0.262. The normalized spacial score (nSPS) is 18.4. The lowest BCUT2D eigenvalue weighted by atomic mass is 9.87. The van der Waals surface area contributed by atoms with E-state index >= 15 is 0 Å². The van der Waals surface area contributed by atoms with Gasteiger partial charge in [-0.1, -0.05) is 17.3 Å². The maximum atomic E-state index is 12.7. The smallest absolute Gasteiger partial charge is 0.275 e. The van der Waals surface area contributed by atoms with Crippen molar-refractivity contribution >= 4 is 23.5 Å². The second-order valence-electron chi connectivity index (χ2n) is 7.89. The van der Waals surface area contributed by atoms with Crippen LogP contribution in [-0.4, -0.2) is 44.8 Å². The number of nitrogens with zero attached hydrogens (tertiary/aromatic N) is 5. The van der Waals surface area contributed by atoms with Gasteiger partial charge in [0.1, 0.15) is 11.5 Å². The maximum Gasteiger partial charge on any atom is 0.275 e. The number of hydrogen-bond acceptors (Lipinski definition) is 8. The molecule has 0 radical (unpaired) electrons. The minimum Gasteiger partial charge on any atom is -0.369 e. The molecule has 1 atom stereocenters. The molecule has 10 heteroatoms. The summed E-state index contributed by atoms with van der Waals surface area (Å²) in [7, 11) is 1.59. The van der Waals surface area contributed by atoms with E-state index < -0.39 is 11.4 Å². The molecule has 0 saturated heterocycles. The Balaban J connectivity index is 1.54. The summed E-state index contributed by atoms with van der Waals surface area (Å²) in [5.41, 5.74) is 8.60. The first-order valence-corrected chi connectivity index (χ1v) is 9.97. The fraction of sp³-hybridized carbons (Fsp3) is 0.273. The Kier molecular flexibility index (Phi) is 5.21. The molecule has 1 aliphatic rings. The Labute approximate surface area is 184 Å². The predicted octanol–water partition coefficient (Wildman–Crippen LogP) is 2.39. The van der Waals surface area contributed by atoms with E-state index in [0.29, 0.717) is 22.8 Å². The van der Waals surface area contributed by atoms with Crippen LogP contribution in [0.4, 0.5) is 5.69 Å². The number of guanidine groups is 1. The van der Waals surface area contributed by atoms with Crippen molar-refractivity contribution in [2.24, 2.45) is 10.7 Å². The molecule has 32 heavy (non-hydrogen) atoms. The van der Waals surface area contributed by atoms with Gasteiger partial charge in [0.2, 0.25) is 5.91 Å². The van der Waals surface area contributed by atoms with Gasteiger partial charge in [0.25, 0.3) is 5.91 Å². The lowest BCUT2D eigenvalue weighted by Gasteiger charge is -2.33. The average molecular weight is 433 g/mol. The number of carbonyl (C=O) groups is 2. The van der Waals surface area contributed by atoms with Crippen LogP contribution in [0.1, 0.15) is 40.9 Å². The van der Waals surface area contributed by atoms with Gasteiger partial charge in [-0.25, -0.2) is 9.98 Å². The number of aliphatic imine (C=N–C) groups is 1. The molecule has 2 amide bonds. The third-order valence-corrected chi connectivity index (χ3v) is 5.49. The summed E-state index contributed by atoms with van der Waals surface area (Å²) in [6.45, 7) is 5.45. The van der Waals surface area contributed by atoms with Crippen LogP contribution in [0.25, 0.3) is 11.3 Å². The lowest BCUT2D eigenvalue weighted by Crippen LogP contribution is -2.47. The van der Waals surface area contributed by atoms with Gasteiger partial charge < -0.3 is 15.6 Å². The fourth-order valence-electron chi connectivity index (χ4n) is 3.62. The molecule has 3 aromatic rings. The number of anilines is 1. The van der Waals surface area contributed by atoms with Gasteiger partial charge in [-0.3, -0.25) is 19.5 Å². The number of nitrogens with one attached hydrogen (secondary N) is 1. The minimum absolute atomic E-state index is 0.122. The molecular weight excluding hydrogens is 410 g/mol. The molecule has 0 bridgehead atoms. The van der Waals surface area contributed by atoms with Crippen molar-refractivity contribution in [3.05, 3.63) is 59.4 Å². The van der Waals surface area contributed by atoms with E-state index in [2.05, 4.69) is 25.4 Å². The van der Waals surface area contributed by atoms with Gasteiger partial charge in [-0.2, -0.15) is 0 Å². The van der Waals surface area contributed by atoms with E-state index in [0.717, 1.165) is 11.1 Å². The summed E-state index contributed by atoms with van der Waals surface area (Å²) < 4.78 is 5.16. The molecule has 3 heterocycles. The van der Waals surface area contributed by atoms with Gasteiger partial charge >= 0.3 is 0 Å². The zero-order valence-corrected chi connectivity index (χ0v) is 18.2. The second kappa shape index (κ2) is 7.88. The topological polar surface area (TPSA) is 140 Å². The largest absolute Gasteiger partial charge is 0.369 e. The van der Waals surface area contributed by atoms with Crippen molar-refractivity contribution in [2.45, 2.75) is 32.7 Å². The number of aryl methyl sites for hydroxylation is 2. The fourth-order valence-corrected chi connectivity index (χ4v) is 3.62. The van der Waals surface area contributed by atoms with E-state index in [1.807, 2.05) is 19.9 Å². The molecule has 0 aliphatic carbocycles. The number of nitrogens with two attached hydrogens (primary N) is 1. The molecule has 0 fully saturated rings. The van der Waals surface area contributed by atoms with E-state index in [9.17, 15) is 9.59 Å². The van der Waals surface area contributed by atoms with Crippen molar-refractivity contribution in [1.82, 2.24) is 20.0 Å². The van der Waals surface area contributed by atoms with E-state index in [1.54, 1.807) is 32.2 Å². The zero-order chi connectivity index (χ0) is 23.0. The predicted molar refractivity (Wildman–Crippen MR) is 118 cm³/mol. The molecule has 1 unspecified atom stereocenters. The molecule has 0 saturated carbocycles. The van der Waals surface area contributed by atoms with Gasteiger partial charge in [-0.05, 0) is 38.5 Å². The molecule has 0 spiro atoms. The standard InChI is InChI=1S/C22H23N7O3/c1-12-19(13(2)32-28-12)16-10-25-17(11-24-16)20(31)26-15-7-5-6-14(8-15)22(3)9-18(30)29(4)21(23)27-22/h5-8,10-11H,9H2,1-4H3,(H2,23,27)(H,26,31). The van der Waals surface area contributed by atoms with Crippen LogP contribution in [0.2, 0.25) is 0 Å². The number of carbonyl (C=O) groups excluding carboxylic acids is 2. The lowest BCUT2D eigenvalue weighted by molar-refractivity contribution is -0.128. The summed E-state index contributed by atoms with van der Waals surface area (Å²) in [6.07, 6.45) is 3.10. The third-order valence-electron chi connectivity index (χ3n) is 5.49. The molecular formula is C22H23N7O3. The molecule has 10 nitrogen and oxygen atoms in total. The highest BCUT2D eigenvalue weighted by atomic mass is 16.5. The van der Waals surface area contributed by atoms with Crippen molar-refractivity contribution in [2.75, 3.05) is 12.4 Å². The highest BCUT2D eigenvalue weighted by molar-refractivity contribution is 6.03.